The fourth-order valence-corrected chi connectivity index (χ4v) is 3.91. The summed E-state index contributed by atoms with van der Waals surface area (Å²) in [5.74, 6) is 0.254. The van der Waals surface area contributed by atoms with Crippen LogP contribution < -0.4 is 0 Å². The van der Waals surface area contributed by atoms with Crippen LogP contribution in [-0.4, -0.2) is 73.2 Å². The number of nitrogens with zero attached hydrogens (tertiary/aromatic N) is 6. The van der Waals surface area contributed by atoms with Crippen LogP contribution >= 0.6 is 0 Å². The fourth-order valence-electron chi connectivity index (χ4n) is 3.91. The highest BCUT2D eigenvalue weighted by atomic mass is 19.1. The van der Waals surface area contributed by atoms with Crippen molar-refractivity contribution in [3.63, 3.8) is 0 Å². The van der Waals surface area contributed by atoms with E-state index in [4.69, 9.17) is 4.74 Å². The first-order valence-electron chi connectivity index (χ1n) is 10.0. The van der Waals surface area contributed by atoms with Crippen LogP contribution in [0, 0.1) is 5.82 Å². The normalized spacial score (nSPS) is 20.0. The summed E-state index contributed by atoms with van der Waals surface area (Å²) in [7, 11) is 1.73. The molecule has 1 aliphatic heterocycles. The number of tetrazole rings is 1. The summed E-state index contributed by atoms with van der Waals surface area (Å²) < 4.78 is 20.7. The SMILES string of the molecule is C[C@@H]1CN(Cc2nnnn2CC(=O)N(C)Cc2cc3cc(F)ccc3[nH]2)C[C@H](C)O1. The molecule has 1 aromatic carbocycles. The van der Waals surface area contributed by atoms with Gasteiger partial charge >= 0.3 is 0 Å². The Labute approximate surface area is 173 Å². The Balaban J connectivity index is 1.38. The maximum atomic E-state index is 13.4. The lowest BCUT2D eigenvalue weighted by Crippen LogP contribution is -2.45. The molecule has 9 nitrogen and oxygen atoms in total. The van der Waals surface area contributed by atoms with E-state index in [1.54, 1.807) is 22.7 Å². The molecule has 1 fully saturated rings. The van der Waals surface area contributed by atoms with E-state index in [-0.39, 0.29) is 30.5 Å². The van der Waals surface area contributed by atoms with Crippen molar-refractivity contribution in [3.05, 3.63) is 41.6 Å². The van der Waals surface area contributed by atoms with Crippen LogP contribution in [0.4, 0.5) is 4.39 Å². The smallest absolute Gasteiger partial charge is 0.244 e. The van der Waals surface area contributed by atoms with Gasteiger partial charge in [-0.15, -0.1) is 5.10 Å². The van der Waals surface area contributed by atoms with Crippen LogP contribution in [0.3, 0.4) is 0 Å². The third-order valence-corrected chi connectivity index (χ3v) is 5.22. The standard InChI is InChI=1S/C20H26FN7O2/c1-13-8-27(9-14(2)30-13)11-19-23-24-25-28(19)12-20(29)26(3)10-17-7-15-6-16(21)4-5-18(15)22-17/h4-7,13-14,22H,8-12H2,1-3H3/t13-,14+. The third kappa shape index (κ3) is 4.65. The minimum absolute atomic E-state index is 0.0587. The zero-order valence-corrected chi connectivity index (χ0v) is 17.4. The molecule has 0 saturated carbocycles. The van der Waals surface area contributed by atoms with Crippen LogP contribution in [-0.2, 0) is 29.2 Å². The van der Waals surface area contributed by atoms with Crippen molar-refractivity contribution >= 4 is 16.8 Å². The molecule has 2 atom stereocenters. The summed E-state index contributed by atoms with van der Waals surface area (Å²) in [6, 6.07) is 6.42. The average Bonchev–Trinajstić information content (AvgIpc) is 3.26. The van der Waals surface area contributed by atoms with Gasteiger partial charge in [-0.1, -0.05) is 0 Å². The lowest BCUT2D eigenvalue weighted by atomic mass is 10.2. The molecule has 0 bridgehead atoms. The Morgan fingerprint density at radius 2 is 2.07 bits per heavy atom. The molecular formula is C20H26FN7O2. The summed E-state index contributed by atoms with van der Waals surface area (Å²) >= 11 is 0. The Morgan fingerprint density at radius 1 is 1.30 bits per heavy atom. The fraction of sp³-hybridized carbons (Fsp3) is 0.500. The van der Waals surface area contributed by atoms with Gasteiger partial charge in [-0.05, 0) is 48.5 Å². The van der Waals surface area contributed by atoms with E-state index in [1.807, 2.05) is 19.9 Å². The Bertz CT molecular complexity index is 1020. The van der Waals surface area contributed by atoms with Gasteiger partial charge in [-0.25, -0.2) is 9.07 Å². The lowest BCUT2D eigenvalue weighted by molar-refractivity contribution is -0.131. The maximum absolute atomic E-state index is 13.4. The zero-order chi connectivity index (χ0) is 21.3. The Hall–Kier alpha value is -2.85. The molecule has 160 valence electrons. The molecule has 0 radical (unpaired) electrons. The number of benzene rings is 1. The van der Waals surface area contributed by atoms with Gasteiger partial charge in [0.1, 0.15) is 12.4 Å². The average molecular weight is 415 g/mol. The van der Waals surface area contributed by atoms with E-state index in [1.165, 1.54) is 12.1 Å². The van der Waals surface area contributed by atoms with Crippen molar-refractivity contribution in [3.8, 4) is 0 Å². The minimum atomic E-state index is -0.284. The van der Waals surface area contributed by atoms with Crippen LogP contribution in [0.25, 0.3) is 10.9 Å². The molecule has 1 saturated heterocycles. The zero-order valence-electron chi connectivity index (χ0n) is 17.4. The molecule has 4 rings (SSSR count). The van der Waals surface area contributed by atoms with Crippen LogP contribution in [0.5, 0.6) is 0 Å². The number of carbonyl (C=O) groups is 1. The molecule has 1 N–H and O–H groups in total. The number of H-pyrrole nitrogens is 1. The molecule has 3 heterocycles. The largest absolute Gasteiger partial charge is 0.373 e. The number of hydrogen-bond acceptors (Lipinski definition) is 6. The second-order valence-electron chi connectivity index (χ2n) is 7.98. The maximum Gasteiger partial charge on any atom is 0.244 e. The van der Waals surface area contributed by atoms with E-state index in [0.717, 1.165) is 29.7 Å². The first kappa shape index (κ1) is 20.4. The summed E-state index contributed by atoms with van der Waals surface area (Å²) in [6.07, 6.45) is 0.297. The van der Waals surface area contributed by atoms with Crippen molar-refractivity contribution in [1.29, 1.82) is 0 Å². The number of morpholine rings is 1. The van der Waals surface area contributed by atoms with Gasteiger partial charge in [-0.3, -0.25) is 9.69 Å². The highest BCUT2D eigenvalue weighted by Gasteiger charge is 2.24. The quantitative estimate of drug-likeness (QED) is 0.657. The van der Waals surface area contributed by atoms with E-state index in [0.29, 0.717) is 18.9 Å². The molecule has 1 amide bonds. The summed E-state index contributed by atoms with van der Waals surface area (Å²) in [6.45, 7) is 6.69. The van der Waals surface area contributed by atoms with Gasteiger partial charge in [0.15, 0.2) is 5.82 Å². The molecule has 2 aromatic heterocycles. The Morgan fingerprint density at radius 3 is 2.83 bits per heavy atom. The first-order valence-corrected chi connectivity index (χ1v) is 10.0. The van der Waals surface area contributed by atoms with E-state index < -0.39 is 0 Å². The Kier molecular flexibility index (Phi) is 5.78. The highest BCUT2D eigenvalue weighted by molar-refractivity contribution is 5.81. The van der Waals surface area contributed by atoms with Crippen molar-refractivity contribution < 1.29 is 13.9 Å². The van der Waals surface area contributed by atoms with Crippen LogP contribution in [0.15, 0.2) is 24.3 Å². The number of fused-ring (bicyclic) bond motifs is 1. The predicted molar refractivity (Wildman–Crippen MR) is 108 cm³/mol. The molecular weight excluding hydrogens is 389 g/mol. The van der Waals surface area contributed by atoms with E-state index in [2.05, 4.69) is 25.4 Å². The molecule has 0 unspecified atom stereocenters. The topological polar surface area (TPSA) is 92.2 Å². The third-order valence-electron chi connectivity index (χ3n) is 5.22. The van der Waals surface area contributed by atoms with Crippen molar-refractivity contribution in [2.75, 3.05) is 20.1 Å². The van der Waals surface area contributed by atoms with Crippen molar-refractivity contribution in [2.24, 2.45) is 0 Å². The van der Waals surface area contributed by atoms with Gasteiger partial charge in [0.25, 0.3) is 0 Å². The number of hydrogen-bond donors (Lipinski definition) is 1. The number of likely N-dealkylation sites (N-methyl/N-ethyl adjacent to an activating group) is 1. The molecule has 10 heteroatoms. The predicted octanol–water partition coefficient (Wildman–Crippen LogP) is 1.56. The lowest BCUT2D eigenvalue weighted by Gasteiger charge is -2.34. The van der Waals surface area contributed by atoms with Crippen LogP contribution in [0.1, 0.15) is 25.4 Å². The summed E-state index contributed by atoms with van der Waals surface area (Å²) in [4.78, 5) is 19.8. The van der Waals surface area contributed by atoms with Gasteiger partial charge in [0.2, 0.25) is 5.91 Å². The molecule has 30 heavy (non-hydrogen) atoms. The molecule has 0 aliphatic carbocycles. The van der Waals surface area contributed by atoms with Gasteiger partial charge in [-0.2, -0.15) is 0 Å². The van der Waals surface area contributed by atoms with E-state index >= 15 is 0 Å². The number of carbonyl (C=O) groups excluding carboxylic acids is 1. The number of halogens is 1. The van der Waals surface area contributed by atoms with Crippen molar-refractivity contribution in [2.45, 2.75) is 45.7 Å². The second kappa shape index (κ2) is 8.49. The number of amides is 1. The summed E-state index contributed by atoms with van der Waals surface area (Å²) in [5.41, 5.74) is 1.67. The van der Waals surface area contributed by atoms with E-state index in [9.17, 15) is 9.18 Å². The number of aromatic nitrogens is 5. The van der Waals surface area contributed by atoms with Gasteiger partial charge in [0, 0.05) is 36.7 Å². The minimum Gasteiger partial charge on any atom is -0.373 e. The second-order valence-corrected chi connectivity index (χ2v) is 7.98. The van der Waals surface area contributed by atoms with Crippen LogP contribution in [0.2, 0.25) is 0 Å². The van der Waals surface area contributed by atoms with Gasteiger partial charge in [0.05, 0.1) is 25.3 Å². The van der Waals surface area contributed by atoms with Crippen molar-refractivity contribution in [1.82, 2.24) is 35.0 Å². The number of rotatable bonds is 6. The molecule has 0 spiro atoms. The highest BCUT2D eigenvalue weighted by Crippen LogP contribution is 2.18. The first-order chi connectivity index (χ1) is 14.4. The monoisotopic (exact) mass is 415 g/mol. The molecule has 1 aliphatic rings. The number of ether oxygens (including phenoxy) is 1. The molecule has 3 aromatic rings. The summed E-state index contributed by atoms with van der Waals surface area (Å²) in [5, 5.41) is 12.6. The van der Waals surface area contributed by atoms with Gasteiger partial charge < -0.3 is 14.6 Å². The number of nitrogens with one attached hydrogen (secondary N) is 1. The number of aromatic amines is 1.